The lowest BCUT2D eigenvalue weighted by atomic mass is 10.0. The van der Waals surface area contributed by atoms with Crippen molar-refractivity contribution >= 4 is 179 Å². The Morgan fingerprint density at radius 1 is 0.430 bits per heavy atom. The number of alkyl halides is 1. The van der Waals surface area contributed by atoms with Crippen LogP contribution in [0.4, 0.5) is 27.9 Å². The maximum absolute atomic E-state index is 14.2. The van der Waals surface area contributed by atoms with Crippen LogP contribution in [0, 0.1) is 63.7 Å². The topological polar surface area (TPSA) is 425 Å². The van der Waals surface area contributed by atoms with Crippen molar-refractivity contribution in [1.82, 2.24) is 49.8 Å². The zero-order valence-corrected chi connectivity index (χ0v) is 84.5. The number of hydrogen-bond donors (Lipinski definition) is 2. The number of H-pyrrole nitrogens is 1. The van der Waals surface area contributed by atoms with Gasteiger partial charge in [0.2, 0.25) is 11.2 Å². The van der Waals surface area contributed by atoms with E-state index in [-0.39, 0.29) is 190 Å². The minimum atomic E-state index is -3.22. The third-order valence-electron chi connectivity index (χ3n) is 20.5. The molecule has 4 aliphatic rings. The molecule has 4 unspecified atom stereocenters. The van der Waals surface area contributed by atoms with Gasteiger partial charge in [0.05, 0.1) is 26.5 Å². The first-order valence-corrected chi connectivity index (χ1v) is 49.0. The molecule has 142 heavy (non-hydrogen) atoms. The van der Waals surface area contributed by atoms with Crippen LogP contribution in [0.25, 0.3) is 57.3 Å². The highest BCUT2D eigenvalue weighted by molar-refractivity contribution is 9.08. The Kier molecular flexibility index (Phi) is 36.2. The number of rotatable bonds is 19. The van der Waals surface area contributed by atoms with Crippen LogP contribution in [-0.2, 0) is 59.3 Å². The normalized spacial score (nSPS) is 14.3. The van der Waals surface area contributed by atoms with Crippen molar-refractivity contribution in [2.24, 2.45) is 0 Å². The summed E-state index contributed by atoms with van der Waals surface area (Å²) >= 11 is 53.0. The number of nitrogens with one attached hydrogen (secondary N) is 1. The zero-order valence-electron chi connectivity index (χ0n) is 74.4. The van der Waals surface area contributed by atoms with Crippen LogP contribution < -0.4 is 20.9 Å². The molecule has 48 heteroatoms. The lowest BCUT2D eigenvalue weighted by Crippen LogP contribution is -2.17. The van der Waals surface area contributed by atoms with Gasteiger partial charge in [-0.15, -0.1) is 12.4 Å². The first-order chi connectivity index (χ1) is 67.1. The number of aromatic nitrogens is 10. The molecule has 738 valence electrons. The molecule has 5 aromatic carbocycles. The second-order valence-corrected chi connectivity index (χ2v) is 39.5. The highest BCUT2D eigenvalue weighted by atomic mass is 79.9. The molecule has 0 fully saturated rings. The number of methoxy groups -OCH3 is 2. The average Bonchev–Trinajstić information content (AvgIpc) is 1.62. The molecule has 0 spiro atoms. The Morgan fingerprint density at radius 3 is 1.08 bits per heavy atom. The summed E-state index contributed by atoms with van der Waals surface area (Å²) in [6.07, 6.45) is -2.76. The van der Waals surface area contributed by atoms with Gasteiger partial charge in [-0.1, -0.05) is 104 Å². The van der Waals surface area contributed by atoms with Crippen molar-refractivity contribution in [3.63, 3.8) is 0 Å². The van der Waals surface area contributed by atoms with E-state index < -0.39 is 88.4 Å². The van der Waals surface area contributed by atoms with E-state index in [1.54, 1.807) is 139 Å². The fourth-order valence-electron chi connectivity index (χ4n) is 14.3. The Morgan fingerprint density at radius 2 is 0.739 bits per heavy atom. The van der Waals surface area contributed by atoms with Gasteiger partial charge in [0, 0.05) is 83.9 Å². The van der Waals surface area contributed by atoms with Crippen LogP contribution in [0.15, 0.2) is 179 Å². The van der Waals surface area contributed by atoms with Gasteiger partial charge in [-0.25, -0.2) is 70.7 Å². The first kappa shape index (κ1) is 108. The standard InChI is InChI=1S/C19H14ClFN2O4.C18H11Cl2FN2O3.C18H13ClFN3O3.C18H12ClFN2O4.C14H14N2O5.C7H5BrClF.Cl3OP.ClH/c1-9-6-7-13(26-9)16-15-17(23-19(22-16)25-2)14(27-18(15)24)8-10-11(20)4-3-5-12(10)21;1-8-5-6-12(25-8)15-14-16(23-18(20)22-15)13(26-17(14)24)7-9-10(19)3-2-4-11(9)21;1-8-5-6-12(25-8)15-14-16(23-18(21)22-15)13(26-17(14)24)7-9-10(19)3-2-4-11(9)20;1-8-5-6-12(25-8)15-14-16(22-18(24)21-15)13(26-17(14)23)7-9-10(19)3-2-4-11(9)20;1-4-20-13(18)11-9(7-17)15-14(19-3)16-12(11)10-6-5-8(2)21-10;8-4-5-6(9)2-1-3-7(5)10;1-5(2,3)4;/h3-7,14H,8H2,1-2H3;2-6,13H,7H2,1H3;2-6,13H,7H2,1H3,(H2,21,22,23);2-6,13H,7H2,1H3,(H,21,22,24);5-7H,4H2,1-3H3;1-3H,4H2;;1H. The van der Waals surface area contributed by atoms with Gasteiger partial charge in [-0.2, -0.15) is 24.9 Å². The predicted octanol–water partition coefficient (Wildman–Crippen LogP) is 25.4. The number of esters is 5. The number of hydrogen-bond acceptors (Lipinski definition) is 30. The molecule has 4 aliphatic heterocycles. The van der Waals surface area contributed by atoms with Gasteiger partial charge in [-0.05, 0) is 208 Å². The number of carbonyl (C=O) groups excluding carboxylic acids is 6. The smallest absolute Gasteiger partial charge is 0.345 e. The third kappa shape index (κ3) is 25.7. The maximum Gasteiger partial charge on any atom is 0.345 e. The first-order valence-electron chi connectivity index (χ1n) is 41.2. The molecule has 14 heterocycles. The number of anilines is 1. The van der Waals surface area contributed by atoms with E-state index in [4.69, 9.17) is 131 Å². The summed E-state index contributed by atoms with van der Waals surface area (Å²) in [6.45, 7) is 10.6. The van der Waals surface area contributed by atoms with E-state index in [9.17, 15) is 60.1 Å². The molecule has 0 radical (unpaired) electrons. The number of halogens is 16. The fraction of sp³-hybridized carbons (Fsp3) is 0.191. The molecule has 0 bridgehead atoms. The number of furan rings is 5. The number of fused-ring (bicyclic) bond motifs is 4. The second-order valence-electron chi connectivity index (χ2n) is 29.9. The SMILES string of the molecule is CCOC(=O)c1c(C=O)nc(OC)nc1-c1ccc(C)o1.COc1nc(-c2ccc(C)o2)c2c(n1)C(Cc1c(F)cccc1Cl)OC2=O.Cc1ccc(-c2nc(=O)[nH]c3c2C(=O)OC3Cc2c(F)cccc2Cl)o1.Cc1ccc(-c2nc(Cl)nc3c2C(=O)OC3Cc2c(F)cccc2Cl)o1.Cc1ccc(-c2nc(N)nc3c2C(=O)OC3Cc2c(F)cccc2Cl)o1.Cl.Fc1cccc(Cl)c1CBr.O=P(Cl)(Cl)Cl. The van der Waals surface area contributed by atoms with Crippen LogP contribution in [0.1, 0.15) is 173 Å². The number of nitrogens with two attached hydrogens (primary N) is 1. The van der Waals surface area contributed by atoms with Crippen molar-refractivity contribution in [1.29, 1.82) is 0 Å². The number of cyclic esters (lactones) is 4. The molecule has 0 aliphatic carbocycles. The number of nitrogens with zero attached hydrogens (tertiary/aromatic N) is 9. The highest BCUT2D eigenvalue weighted by Crippen LogP contribution is 2.61. The van der Waals surface area contributed by atoms with E-state index in [0.717, 1.165) is 0 Å². The van der Waals surface area contributed by atoms with E-state index in [1.807, 2.05) is 0 Å². The number of nitrogen functional groups attached to an aromatic ring is 1. The van der Waals surface area contributed by atoms with Crippen LogP contribution in [-0.4, -0.2) is 107 Å². The quantitative estimate of drug-likeness (QED) is 0.0144. The minimum Gasteiger partial charge on any atom is -0.467 e. The van der Waals surface area contributed by atoms with Crippen LogP contribution in [0.5, 0.6) is 12.0 Å². The van der Waals surface area contributed by atoms with E-state index >= 15 is 0 Å². The van der Waals surface area contributed by atoms with Crippen LogP contribution in [0.3, 0.4) is 0 Å². The molecule has 31 nitrogen and oxygen atoms in total. The third-order valence-corrected chi connectivity index (χ3v) is 23.0. The summed E-state index contributed by atoms with van der Waals surface area (Å²) < 4.78 is 143. The Labute approximate surface area is 860 Å². The van der Waals surface area contributed by atoms with Crippen LogP contribution in [0.2, 0.25) is 30.4 Å². The fourth-order valence-corrected chi connectivity index (χ4v) is 16.4. The molecule has 0 saturated carbocycles. The van der Waals surface area contributed by atoms with E-state index in [2.05, 4.69) is 99.5 Å². The van der Waals surface area contributed by atoms with E-state index in [1.165, 1.54) is 68.8 Å². The second kappa shape index (κ2) is 47.5. The molecule has 3 N–H and O–H groups in total. The number of ether oxygens (including phenoxy) is 7. The highest BCUT2D eigenvalue weighted by Gasteiger charge is 2.44. The van der Waals surface area contributed by atoms with Crippen molar-refractivity contribution in [3.8, 4) is 69.3 Å². The molecule has 4 atom stereocenters. The maximum atomic E-state index is 14.2. The van der Waals surface area contributed by atoms with Gasteiger partial charge >= 0.3 is 52.8 Å². The number of carbonyl (C=O) groups is 6. The van der Waals surface area contributed by atoms with Gasteiger partial charge in [0.1, 0.15) is 161 Å². The lowest BCUT2D eigenvalue weighted by Gasteiger charge is -2.12. The lowest BCUT2D eigenvalue weighted by molar-refractivity contribution is 0.0371. The molecule has 15 aromatic rings. The van der Waals surface area contributed by atoms with Gasteiger partial charge < -0.3 is 66.0 Å². The zero-order chi connectivity index (χ0) is 102. The average molecular weight is 2230 g/mol. The summed E-state index contributed by atoms with van der Waals surface area (Å²) in [5.41, 5.74) is 9.27. The van der Waals surface area contributed by atoms with Gasteiger partial charge in [0.15, 0.2) is 35.1 Å². The summed E-state index contributed by atoms with van der Waals surface area (Å²) in [7, 11) is 2.78. The Bertz CT molecular complexity index is 7180. The van der Waals surface area contributed by atoms with Crippen molar-refractivity contribution in [2.45, 2.75) is 97.0 Å². The minimum absolute atomic E-state index is 0. The molecule has 0 amide bonds. The molecule has 10 aromatic heterocycles. The monoisotopic (exact) mass is 2230 g/mol. The molecule has 0 saturated heterocycles. The Balaban J connectivity index is 0.000000153. The molecular weight excluding hydrogens is 2160 g/mol. The largest absolute Gasteiger partial charge is 0.467 e. The van der Waals surface area contributed by atoms with Crippen LogP contribution >= 0.6 is 137 Å². The Hall–Kier alpha value is -12.6. The molecule has 19 rings (SSSR count). The predicted molar refractivity (Wildman–Crippen MR) is 519 cm³/mol. The van der Waals surface area contributed by atoms with Gasteiger partial charge in [0.25, 0.3) is 0 Å². The van der Waals surface area contributed by atoms with Crippen molar-refractivity contribution in [2.75, 3.05) is 26.6 Å². The van der Waals surface area contributed by atoms with Gasteiger partial charge in [-0.3, -0.25) is 9.36 Å². The number of aldehydes is 1. The summed E-state index contributed by atoms with van der Waals surface area (Å²) in [6, 6.07) is 39.1. The number of aryl methyl sites for hydroxylation is 5. The van der Waals surface area contributed by atoms with Crippen molar-refractivity contribution in [3.05, 3.63) is 335 Å². The van der Waals surface area contributed by atoms with E-state index in [0.29, 0.717) is 91.1 Å². The molecular formula is C94H70BrCl10F5N11O20P. The summed E-state index contributed by atoms with van der Waals surface area (Å²) in [5.74, 6) is -0.415. The van der Waals surface area contributed by atoms with Crippen molar-refractivity contribution < 1.29 is 111 Å². The number of benzene rings is 5. The summed E-state index contributed by atoms with van der Waals surface area (Å²) in [5, 5.41) is -1.39. The number of aromatic amines is 1. The summed E-state index contributed by atoms with van der Waals surface area (Å²) in [4.78, 5) is 124.